The smallest absolute Gasteiger partial charge is 0.124 e. The Bertz CT molecular complexity index is 662. The fourth-order valence-electron chi connectivity index (χ4n) is 2.77. The van der Waals surface area contributed by atoms with Crippen molar-refractivity contribution in [1.82, 2.24) is 5.32 Å². The first-order chi connectivity index (χ1) is 10.7. The van der Waals surface area contributed by atoms with Gasteiger partial charge in [0.25, 0.3) is 0 Å². The molecule has 2 atom stereocenters. The summed E-state index contributed by atoms with van der Waals surface area (Å²) in [5.74, 6) is 1.00. The fraction of sp³-hybridized carbons (Fsp3) is 0.294. The van der Waals surface area contributed by atoms with Gasteiger partial charge in [-0.1, -0.05) is 29.8 Å². The Morgan fingerprint density at radius 1 is 1.23 bits per heavy atom. The maximum absolute atomic E-state index is 9.60. The van der Waals surface area contributed by atoms with Gasteiger partial charge in [-0.3, -0.25) is 0 Å². The van der Waals surface area contributed by atoms with E-state index in [0.717, 1.165) is 16.9 Å². The molecule has 1 heterocycles. The van der Waals surface area contributed by atoms with Gasteiger partial charge < -0.3 is 20.3 Å². The first-order valence-electron chi connectivity index (χ1n) is 7.22. The molecule has 0 aliphatic carbocycles. The van der Waals surface area contributed by atoms with E-state index in [-0.39, 0.29) is 24.3 Å². The molecule has 22 heavy (non-hydrogen) atoms. The normalized spacial score (nSPS) is 20.3. The van der Waals surface area contributed by atoms with Crippen LogP contribution >= 0.6 is 11.6 Å². The van der Waals surface area contributed by atoms with Crippen LogP contribution in [-0.4, -0.2) is 23.4 Å². The van der Waals surface area contributed by atoms with E-state index < -0.39 is 0 Å². The van der Waals surface area contributed by atoms with E-state index in [1.54, 1.807) is 18.2 Å². The number of phenols is 1. The molecule has 116 valence electrons. The molecule has 0 spiro atoms. The number of aromatic hydroxyl groups is 1. The van der Waals surface area contributed by atoms with Gasteiger partial charge in [0.15, 0.2) is 0 Å². The number of aliphatic hydroxyl groups excluding tert-OH is 1. The third kappa shape index (κ3) is 3.04. The molecule has 5 heteroatoms. The number of nitrogens with one attached hydrogen (secondary N) is 1. The second-order valence-corrected chi connectivity index (χ2v) is 5.83. The number of phenolic OH excluding ortho intramolecular Hbond substituents is 1. The van der Waals surface area contributed by atoms with Gasteiger partial charge in [-0.25, -0.2) is 0 Å². The number of para-hydroxylation sites is 1. The van der Waals surface area contributed by atoms with Crippen LogP contribution in [0, 0.1) is 5.92 Å². The number of aliphatic hydroxyl groups is 1. The third-order valence-corrected chi connectivity index (χ3v) is 4.32. The summed E-state index contributed by atoms with van der Waals surface area (Å²) in [7, 11) is 0. The van der Waals surface area contributed by atoms with E-state index in [1.807, 2.05) is 24.3 Å². The summed E-state index contributed by atoms with van der Waals surface area (Å²) in [5, 5.41) is 23.2. The van der Waals surface area contributed by atoms with Crippen molar-refractivity contribution in [2.75, 3.05) is 13.2 Å². The minimum absolute atomic E-state index is 0.0200. The van der Waals surface area contributed by atoms with Gasteiger partial charge in [0, 0.05) is 29.1 Å². The fourth-order valence-corrected chi connectivity index (χ4v) is 2.95. The Hall–Kier alpha value is -1.75. The van der Waals surface area contributed by atoms with Crippen molar-refractivity contribution >= 4 is 11.6 Å². The molecular formula is C17H18ClNO3. The lowest BCUT2D eigenvalue weighted by Gasteiger charge is -2.33. The summed E-state index contributed by atoms with van der Waals surface area (Å²) in [6.07, 6.45) is 0. The summed E-state index contributed by atoms with van der Waals surface area (Å²) in [4.78, 5) is 0. The van der Waals surface area contributed by atoms with Crippen LogP contribution in [-0.2, 0) is 6.54 Å². The number of hydrogen-bond donors (Lipinski definition) is 3. The lowest BCUT2D eigenvalue weighted by molar-refractivity contribution is 0.110. The molecule has 3 N–H and O–H groups in total. The topological polar surface area (TPSA) is 61.7 Å². The Balaban J connectivity index is 1.82. The summed E-state index contributed by atoms with van der Waals surface area (Å²) in [6, 6.07) is 12.7. The first kappa shape index (κ1) is 15.2. The molecule has 4 nitrogen and oxygen atoms in total. The number of hydrogen-bond acceptors (Lipinski definition) is 4. The number of benzene rings is 2. The van der Waals surface area contributed by atoms with E-state index in [2.05, 4.69) is 5.32 Å². The Labute approximate surface area is 134 Å². The summed E-state index contributed by atoms with van der Waals surface area (Å²) < 4.78 is 5.69. The molecule has 0 radical (unpaired) electrons. The van der Waals surface area contributed by atoms with Crippen molar-refractivity contribution in [3.63, 3.8) is 0 Å². The van der Waals surface area contributed by atoms with Crippen LogP contribution < -0.4 is 10.1 Å². The van der Waals surface area contributed by atoms with Gasteiger partial charge in [-0.05, 0) is 29.8 Å². The molecule has 0 fully saturated rings. The van der Waals surface area contributed by atoms with Gasteiger partial charge in [0.2, 0.25) is 0 Å². The molecular weight excluding hydrogens is 302 g/mol. The highest BCUT2D eigenvalue weighted by Crippen LogP contribution is 2.35. The molecule has 0 bridgehead atoms. The van der Waals surface area contributed by atoms with Crippen LogP contribution in [0.5, 0.6) is 11.5 Å². The van der Waals surface area contributed by atoms with Crippen molar-refractivity contribution < 1.29 is 14.9 Å². The Morgan fingerprint density at radius 3 is 2.86 bits per heavy atom. The summed E-state index contributed by atoms with van der Waals surface area (Å²) >= 11 is 6.16. The minimum atomic E-state index is -0.0222. The van der Waals surface area contributed by atoms with Crippen LogP contribution in [0.4, 0.5) is 0 Å². The van der Waals surface area contributed by atoms with Crippen LogP contribution in [0.25, 0.3) is 0 Å². The molecule has 0 saturated carbocycles. The minimum Gasteiger partial charge on any atom is -0.508 e. The SMILES string of the molecule is OC[C@@H]1COc2ccccc2[C@@H]1NCc1cc(O)ccc1Cl. The van der Waals surface area contributed by atoms with E-state index in [4.69, 9.17) is 16.3 Å². The lowest BCUT2D eigenvalue weighted by atomic mass is 9.91. The highest BCUT2D eigenvalue weighted by Gasteiger charge is 2.30. The van der Waals surface area contributed by atoms with Gasteiger partial charge in [0.1, 0.15) is 11.5 Å². The van der Waals surface area contributed by atoms with Crippen LogP contribution in [0.3, 0.4) is 0 Å². The molecule has 0 aromatic heterocycles. The molecule has 2 aromatic rings. The molecule has 0 unspecified atom stereocenters. The van der Waals surface area contributed by atoms with Gasteiger partial charge >= 0.3 is 0 Å². The van der Waals surface area contributed by atoms with Crippen molar-refractivity contribution in [3.05, 3.63) is 58.6 Å². The zero-order chi connectivity index (χ0) is 15.5. The number of fused-ring (bicyclic) bond motifs is 1. The summed E-state index contributed by atoms with van der Waals surface area (Å²) in [6.45, 7) is 1.02. The van der Waals surface area contributed by atoms with E-state index in [0.29, 0.717) is 18.2 Å². The maximum Gasteiger partial charge on any atom is 0.124 e. The number of rotatable bonds is 4. The predicted molar refractivity (Wildman–Crippen MR) is 85.2 cm³/mol. The number of ether oxygens (including phenoxy) is 1. The standard InChI is InChI=1S/C17H18ClNO3/c18-15-6-5-13(21)7-11(15)8-19-17-12(9-20)10-22-16-4-2-1-3-14(16)17/h1-7,12,17,19-21H,8-10H2/t12-,17-/m1/s1. The van der Waals surface area contributed by atoms with Crippen LogP contribution in [0.1, 0.15) is 17.2 Å². The second-order valence-electron chi connectivity index (χ2n) is 5.43. The lowest BCUT2D eigenvalue weighted by Crippen LogP contribution is -2.37. The van der Waals surface area contributed by atoms with Gasteiger partial charge in [-0.15, -0.1) is 0 Å². The van der Waals surface area contributed by atoms with Crippen molar-refractivity contribution in [2.45, 2.75) is 12.6 Å². The maximum atomic E-state index is 9.60. The zero-order valence-corrected chi connectivity index (χ0v) is 12.8. The Kier molecular flexibility index (Phi) is 4.52. The molecule has 1 aliphatic rings. The molecule has 0 amide bonds. The average molecular weight is 320 g/mol. The van der Waals surface area contributed by atoms with Crippen molar-refractivity contribution in [3.8, 4) is 11.5 Å². The highest BCUT2D eigenvalue weighted by atomic mass is 35.5. The molecule has 0 saturated heterocycles. The quantitative estimate of drug-likeness (QED) is 0.811. The molecule has 3 rings (SSSR count). The van der Waals surface area contributed by atoms with E-state index in [1.165, 1.54) is 0 Å². The largest absolute Gasteiger partial charge is 0.508 e. The number of halogens is 1. The van der Waals surface area contributed by atoms with E-state index in [9.17, 15) is 10.2 Å². The summed E-state index contributed by atoms with van der Waals surface area (Å²) in [5.41, 5.74) is 1.85. The second kappa shape index (κ2) is 6.57. The van der Waals surface area contributed by atoms with Crippen LogP contribution in [0.2, 0.25) is 5.02 Å². The first-order valence-corrected chi connectivity index (χ1v) is 7.60. The average Bonchev–Trinajstić information content (AvgIpc) is 2.55. The Morgan fingerprint density at radius 2 is 2.05 bits per heavy atom. The van der Waals surface area contributed by atoms with Gasteiger partial charge in [-0.2, -0.15) is 0 Å². The van der Waals surface area contributed by atoms with Gasteiger partial charge in [0.05, 0.1) is 13.2 Å². The predicted octanol–water partition coefficient (Wildman–Crippen LogP) is 2.88. The third-order valence-electron chi connectivity index (χ3n) is 3.95. The van der Waals surface area contributed by atoms with Crippen LogP contribution in [0.15, 0.2) is 42.5 Å². The molecule has 2 aromatic carbocycles. The zero-order valence-electron chi connectivity index (χ0n) is 12.0. The monoisotopic (exact) mass is 319 g/mol. The van der Waals surface area contributed by atoms with Crippen molar-refractivity contribution in [2.24, 2.45) is 5.92 Å². The van der Waals surface area contributed by atoms with Crippen molar-refractivity contribution in [1.29, 1.82) is 0 Å². The van der Waals surface area contributed by atoms with E-state index >= 15 is 0 Å². The highest BCUT2D eigenvalue weighted by molar-refractivity contribution is 6.31. The molecule has 1 aliphatic heterocycles.